The summed E-state index contributed by atoms with van der Waals surface area (Å²) in [6, 6.07) is 0. The van der Waals surface area contributed by atoms with Crippen LogP contribution < -0.4 is 0 Å². The second-order valence-electron chi connectivity index (χ2n) is 3.15. The van der Waals surface area contributed by atoms with Gasteiger partial charge in [0.25, 0.3) is 0 Å². The molecule has 0 aliphatic rings. The van der Waals surface area contributed by atoms with E-state index in [0.717, 1.165) is 5.92 Å². The van der Waals surface area contributed by atoms with Crippen LogP contribution in [0.2, 0.25) is 0 Å². The van der Waals surface area contributed by atoms with Crippen molar-refractivity contribution >= 4 is 0 Å². The van der Waals surface area contributed by atoms with E-state index in [1.165, 1.54) is 12.8 Å². The van der Waals surface area contributed by atoms with Gasteiger partial charge in [-0.3, -0.25) is 0 Å². The number of allylic oxidation sites excluding steroid dienone is 2. The van der Waals surface area contributed by atoms with Crippen molar-refractivity contribution in [2.45, 2.75) is 61.3 Å². The van der Waals surface area contributed by atoms with E-state index in [1.54, 1.807) is 11.1 Å². The maximum Gasteiger partial charge on any atom is -0.0260 e. The van der Waals surface area contributed by atoms with E-state index < -0.39 is 0 Å². The van der Waals surface area contributed by atoms with Crippen LogP contribution in [0.3, 0.4) is 0 Å². The molecular weight excluding hydrogens is 144 g/mol. The van der Waals surface area contributed by atoms with Gasteiger partial charge in [-0.1, -0.05) is 52.7 Å². The number of hydrogen-bond acceptors (Lipinski definition) is 0. The smallest absolute Gasteiger partial charge is 0.0260 e. The highest BCUT2D eigenvalue weighted by Crippen LogP contribution is 2.18. The zero-order valence-electron chi connectivity index (χ0n) is 9.99. The van der Waals surface area contributed by atoms with Crippen molar-refractivity contribution in [1.82, 2.24) is 0 Å². The molecule has 0 radical (unpaired) electrons. The Morgan fingerprint density at radius 2 is 1.33 bits per heavy atom. The van der Waals surface area contributed by atoms with E-state index in [2.05, 4.69) is 34.6 Å². The molecule has 0 atom stereocenters. The Hall–Kier alpha value is -0.260. The van der Waals surface area contributed by atoms with Gasteiger partial charge in [0, 0.05) is 0 Å². The van der Waals surface area contributed by atoms with Gasteiger partial charge in [0.05, 0.1) is 0 Å². The molecule has 0 bridgehead atoms. The lowest BCUT2D eigenvalue weighted by Gasteiger charge is -2.11. The quantitative estimate of drug-likeness (QED) is 0.533. The Morgan fingerprint density at radius 3 is 1.42 bits per heavy atom. The summed E-state index contributed by atoms with van der Waals surface area (Å²) in [5.74, 6) is 0.731. The Morgan fingerprint density at radius 1 is 1.00 bits per heavy atom. The molecule has 74 valence electrons. The molecule has 0 spiro atoms. The van der Waals surface area contributed by atoms with E-state index in [1.807, 2.05) is 13.8 Å². The normalized spacial score (nSPS) is 9.00. The van der Waals surface area contributed by atoms with Gasteiger partial charge in [-0.15, -0.1) is 0 Å². The first-order chi connectivity index (χ1) is 5.63. The molecular formula is C12H26. The SMILES string of the molecule is CC.CCC(CC)=C(C)C(C)C. The molecule has 0 aliphatic carbocycles. The summed E-state index contributed by atoms with van der Waals surface area (Å²) in [7, 11) is 0. The Labute approximate surface area is 79.1 Å². The fourth-order valence-electron chi connectivity index (χ4n) is 1.22. The van der Waals surface area contributed by atoms with Crippen molar-refractivity contribution in [3.05, 3.63) is 11.1 Å². The third-order valence-electron chi connectivity index (χ3n) is 2.28. The van der Waals surface area contributed by atoms with Crippen LogP contribution in [0.25, 0.3) is 0 Å². The third-order valence-corrected chi connectivity index (χ3v) is 2.28. The summed E-state index contributed by atoms with van der Waals surface area (Å²) in [6.07, 6.45) is 2.45. The van der Waals surface area contributed by atoms with Gasteiger partial charge in [-0.25, -0.2) is 0 Å². The average molecular weight is 170 g/mol. The molecule has 0 aromatic carbocycles. The largest absolute Gasteiger partial charge is 0.0716 e. The van der Waals surface area contributed by atoms with E-state index in [-0.39, 0.29) is 0 Å². The molecule has 0 nitrogen and oxygen atoms in total. The van der Waals surface area contributed by atoms with Gasteiger partial charge in [-0.05, 0) is 25.7 Å². The van der Waals surface area contributed by atoms with Crippen LogP contribution in [-0.2, 0) is 0 Å². The van der Waals surface area contributed by atoms with Crippen LogP contribution in [0.4, 0.5) is 0 Å². The summed E-state index contributed by atoms with van der Waals surface area (Å²) in [5.41, 5.74) is 3.22. The molecule has 0 N–H and O–H groups in total. The van der Waals surface area contributed by atoms with Gasteiger partial charge in [0.2, 0.25) is 0 Å². The number of hydrogen-bond donors (Lipinski definition) is 0. The van der Waals surface area contributed by atoms with Crippen LogP contribution >= 0.6 is 0 Å². The molecule has 0 fully saturated rings. The van der Waals surface area contributed by atoms with Crippen LogP contribution in [0, 0.1) is 5.92 Å². The van der Waals surface area contributed by atoms with Crippen molar-refractivity contribution in [1.29, 1.82) is 0 Å². The monoisotopic (exact) mass is 170 g/mol. The Balaban J connectivity index is 0. The lowest BCUT2D eigenvalue weighted by Crippen LogP contribution is -1.94. The van der Waals surface area contributed by atoms with Crippen molar-refractivity contribution in [3.63, 3.8) is 0 Å². The molecule has 0 amide bonds. The number of rotatable bonds is 3. The standard InChI is InChI=1S/C10H20.C2H6/c1-6-10(7-2)9(5)8(3)4;1-2/h8H,6-7H2,1-5H3;1-2H3. The fraction of sp³-hybridized carbons (Fsp3) is 0.833. The molecule has 0 aliphatic heterocycles. The molecule has 0 rings (SSSR count). The van der Waals surface area contributed by atoms with E-state index >= 15 is 0 Å². The third kappa shape index (κ3) is 5.40. The van der Waals surface area contributed by atoms with Crippen molar-refractivity contribution < 1.29 is 0 Å². The molecule has 0 saturated carbocycles. The maximum absolute atomic E-state index is 2.26. The topological polar surface area (TPSA) is 0 Å². The van der Waals surface area contributed by atoms with Crippen LogP contribution in [0.5, 0.6) is 0 Å². The summed E-state index contributed by atoms with van der Waals surface area (Å²) >= 11 is 0. The minimum Gasteiger partial charge on any atom is -0.0716 e. The molecule has 0 aromatic heterocycles. The van der Waals surface area contributed by atoms with Crippen LogP contribution in [0.15, 0.2) is 11.1 Å². The Kier molecular flexibility index (Phi) is 10.5. The predicted molar refractivity (Wildman–Crippen MR) is 59.5 cm³/mol. The first kappa shape index (κ1) is 14.3. The summed E-state index contributed by atoms with van der Waals surface area (Å²) < 4.78 is 0. The van der Waals surface area contributed by atoms with Crippen molar-refractivity contribution in [2.75, 3.05) is 0 Å². The first-order valence-electron chi connectivity index (χ1n) is 5.31. The molecule has 0 saturated heterocycles. The summed E-state index contributed by atoms with van der Waals surface area (Å²) in [4.78, 5) is 0. The highest BCUT2D eigenvalue weighted by Gasteiger charge is 2.01. The van der Waals surface area contributed by atoms with Gasteiger partial charge < -0.3 is 0 Å². The highest BCUT2D eigenvalue weighted by molar-refractivity contribution is 5.12. The van der Waals surface area contributed by atoms with Gasteiger partial charge in [0.1, 0.15) is 0 Å². The molecule has 0 heterocycles. The van der Waals surface area contributed by atoms with Crippen molar-refractivity contribution in [3.8, 4) is 0 Å². The minimum absolute atomic E-state index is 0.731. The van der Waals surface area contributed by atoms with Crippen LogP contribution in [-0.4, -0.2) is 0 Å². The van der Waals surface area contributed by atoms with Gasteiger partial charge in [-0.2, -0.15) is 0 Å². The zero-order chi connectivity index (χ0) is 10.1. The van der Waals surface area contributed by atoms with Crippen molar-refractivity contribution in [2.24, 2.45) is 5.92 Å². The van der Waals surface area contributed by atoms with Crippen LogP contribution in [0.1, 0.15) is 61.3 Å². The summed E-state index contributed by atoms with van der Waals surface area (Å²) in [6.45, 7) is 15.3. The zero-order valence-corrected chi connectivity index (χ0v) is 9.99. The van der Waals surface area contributed by atoms with E-state index in [9.17, 15) is 0 Å². The highest BCUT2D eigenvalue weighted by atomic mass is 14.1. The van der Waals surface area contributed by atoms with E-state index in [0.29, 0.717) is 0 Å². The summed E-state index contributed by atoms with van der Waals surface area (Å²) in [5, 5.41) is 0. The minimum atomic E-state index is 0.731. The fourth-order valence-corrected chi connectivity index (χ4v) is 1.22. The van der Waals surface area contributed by atoms with Gasteiger partial charge in [0.15, 0.2) is 0 Å². The molecule has 0 aromatic rings. The predicted octanol–water partition coefficient (Wildman–Crippen LogP) is 4.81. The maximum atomic E-state index is 2.26. The van der Waals surface area contributed by atoms with Gasteiger partial charge >= 0.3 is 0 Å². The molecule has 12 heavy (non-hydrogen) atoms. The second kappa shape index (κ2) is 8.83. The second-order valence-corrected chi connectivity index (χ2v) is 3.15. The lowest BCUT2D eigenvalue weighted by atomic mass is 9.96. The molecule has 0 unspecified atom stereocenters. The first-order valence-corrected chi connectivity index (χ1v) is 5.31. The molecule has 0 heteroatoms. The van der Waals surface area contributed by atoms with E-state index in [4.69, 9.17) is 0 Å². The average Bonchev–Trinajstić information content (AvgIpc) is 2.10. The Bertz CT molecular complexity index is 112. The lowest BCUT2D eigenvalue weighted by molar-refractivity contribution is 0.736.